The summed E-state index contributed by atoms with van der Waals surface area (Å²) >= 11 is 0. The summed E-state index contributed by atoms with van der Waals surface area (Å²) in [5, 5.41) is 3.30. The third-order valence-electron chi connectivity index (χ3n) is 4.12. The molecule has 0 amide bonds. The van der Waals surface area contributed by atoms with Crippen molar-refractivity contribution in [1.29, 1.82) is 0 Å². The van der Waals surface area contributed by atoms with Crippen LogP contribution in [-0.4, -0.2) is 50.8 Å². The Morgan fingerprint density at radius 1 is 1.30 bits per heavy atom. The fourth-order valence-corrected chi connectivity index (χ4v) is 4.28. The second-order valence-corrected chi connectivity index (χ2v) is 8.20. The van der Waals surface area contributed by atoms with E-state index in [1.165, 1.54) is 5.56 Å². The van der Waals surface area contributed by atoms with Gasteiger partial charge in [0.25, 0.3) is 0 Å². The molecule has 1 aliphatic rings. The lowest BCUT2D eigenvalue weighted by Crippen LogP contribution is -2.49. The lowest BCUT2D eigenvalue weighted by molar-refractivity contribution is 0.0903. The molecule has 0 radical (unpaired) electrons. The normalized spacial score (nSPS) is 20.1. The van der Waals surface area contributed by atoms with Gasteiger partial charge in [0, 0.05) is 19.6 Å². The van der Waals surface area contributed by atoms with Crippen molar-refractivity contribution in [2.75, 3.05) is 32.0 Å². The van der Waals surface area contributed by atoms with Gasteiger partial charge in [0.1, 0.15) is 0 Å². The summed E-state index contributed by atoms with van der Waals surface area (Å²) < 4.78 is 32.4. The van der Waals surface area contributed by atoms with Gasteiger partial charge in [0.2, 0.25) is 10.0 Å². The van der Waals surface area contributed by atoms with Gasteiger partial charge in [0.15, 0.2) is 0 Å². The van der Waals surface area contributed by atoms with Crippen LogP contribution >= 0.6 is 0 Å². The van der Waals surface area contributed by atoms with E-state index in [2.05, 4.69) is 24.4 Å². The van der Waals surface area contributed by atoms with Gasteiger partial charge >= 0.3 is 0 Å². The molecule has 1 atom stereocenters. The predicted molar refractivity (Wildman–Crippen MR) is 93.0 cm³/mol. The first-order valence-electron chi connectivity index (χ1n) is 8.34. The number of hydrogen-bond acceptors (Lipinski definition) is 4. The highest BCUT2D eigenvalue weighted by Crippen LogP contribution is 2.26. The van der Waals surface area contributed by atoms with E-state index in [0.717, 1.165) is 12.0 Å². The SMILES string of the molecule is CCc1ccc(C2CNCCN2S(=O)(=O)CCOC(C)C)cc1. The molecule has 1 heterocycles. The topological polar surface area (TPSA) is 58.6 Å². The number of rotatable bonds is 7. The minimum Gasteiger partial charge on any atom is -0.378 e. The minimum atomic E-state index is -3.32. The third kappa shape index (κ3) is 5.01. The summed E-state index contributed by atoms with van der Waals surface area (Å²) in [6.07, 6.45) is 1.03. The molecule has 1 unspecified atom stereocenters. The highest BCUT2D eigenvalue weighted by Gasteiger charge is 2.32. The quantitative estimate of drug-likeness (QED) is 0.824. The van der Waals surface area contributed by atoms with Crippen molar-refractivity contribution in [3.8, 4) is 0 Å². The van der Waals surface area contributed by atoms with Crippen molar-refractivity contribution in [3.05, 3.63) is 35.4 Å². The number of piperazine rings is 1. The van der Waals surface area contributed by atoms with Crippen LogP contribution in [0.3, 0.4) is 0 Å². The van der Waals surface area contributed by atoms with Crippen molar-refractivity contribution in [3.63, 3.8) is 0 Å². The Bertz CT molecular complexity index is 584. The maximum Gasteiger partial charge on any atom is 0.217 e. The zero-order valence-corrected chi connectivity index (χ0v) is 15.1. The van der Waals surface area contributed by atoms with Crippen LogP contribution in [0.2, 0.25) is 0 Å². The summed E-state index contributed by atoms with van der Waals surface area (Å²) in [5.41, 5.74) is 2.31. The zero-order chi connectivity index (χ0) is 16.9. The molecule has 2 rings (SSSR count). The molecule has 0 saturated carbocycles. The second-order valence-electron chi connectivity index (χ2n) is 6.16. The monoisotopic (exact) mass is 340 g/mol. The molecule has 130 valence electrons. The van der Waals surface area contributed by atoms with Gasteiger partial charge in [-0.15, -0.1) is 0 Å². The smallest absolute Gasteiger partial charge is 0.217 e. The number of hydrogen-bond donors (Lipinski definition) is 1. The van der Waals surface area contributed by atoms with Crippen LogP contribution < -0.4 is 5.32 Å². The van der Waals surface area contributed by atoms with E-state index in [-0.39, 0.29) is 24.5 Å². The van der Waals surface area contributed by atoms with Crippen LogP contribution in [0.4, 0.5) is 0 Å². The van der Waals surface area contributed by atoms with Gasteiger partial charge < -0.3 is 10.1 Å². The van der Waals surface area contributed by atoms with Crippen LogP contribution in [0.15, 0.2) is 24.3 Å². The Morgan fingerprint density at radius 3 is 2.61 bits per heavy atom. The van der Waals surface area contributed by atoms with E-state index in [4.69, 9.17) is 4.74 Å². The van der Waals surface area contributed by atoms with Gasteiger partial charge in [-0.2, -0.15) is 4.31 Å². The van der Waals surface area contributed by atoms with Crippen LogP contribution in [-0.2, 0) is 21.2 Å². The van der Waals surface area contributed by atoms with Crippen molar-refractivity contribution in [2.24, 2.45) is 0 Å². The van der Waals surface area contributed by atoms with E-state index in [9.17, 15) is 8.42 Å². The van der Waals surface area contributed by atoms with Gasteiger partial charge in [-0.05, 0) is 31.4 Å². The summed E-state index contributed by atoms with van der Waals surface area (Å²) in [4.78, 5) is 0. The molecule has 0 aromatic heterocycles. The van der Waals surface area contributed by atoms with E-state index >= 15 is 0 Å². The fourth-order valence-electron chi connectivity index (χ4n) is 2.78. The first-order chi connectivity index (χ1) is 10.9. The van der Waals surface area contributed by atoms with Crippen LogP contribution in [0, 0.1) is 0 Å². The first-order valence-corrected chi connectivity index (χ1v) is 9.95. The number of benzene rings is 1. The van der Waals surface area contributed by atoms with Gasteiger partial charge in [0.05, 0.1) is 24.5 Å². The molecule has 0 spiro atoms. The molecule has 23 heavy (non-hydrogen) atoms. The van der Waals surface area contributed by atoms with Crippen molar-refractivity contribution < 1.29 is 13.2 Å². The molecular weight excluding hydrogens is 312 g/mol. The van der Waals surface area contributed by atoms with E-state index in [0.29, 0.717) is 19.6 Å². The molecule has 1 fully saturated rings. The molecule has 0 aliphatic carbocycles. The van der Waals surface area contributed by atoms with E-state index in [1.54, 1.807) is 4.31 Å². The average Bonchev–Trinajstić information content (AvgIpc) is 2.54. The maximum absolute atomic E-state index is 12.7. The van der Waals surface area contributed by atoms with Gasteiger partial charge in [-0.3, -0.25) is 0 Å². The number of nitrogens with zero attached hydrogens (tertiary/aromatic N) is 1. The Kier molecular flexibility index (Phi) is 6.59. The minimum absolute atomic E-state index is 0.0364. The Morgan fingerprint density at radius 2 is 2.00 bits per heavy atom. The highest BCUT2D eigenvalue weighted by atomic mass is 32.2. The Hall–Kier alpha value is -0.950. The molecule has 0 bridgehead atoms. The lowest BCUT2D eigenvalue weighted by Gasteiger charge is -2.35. The van der Waals surface area contributed by atoms with Crippen LogP contribution in [0.1, 0.15) is 37.9 Å². The molecule has 5 nitrogen and oxygen atoms in total. The predicted octanol–water partition coefficient (Wildman–Crippen LogP) is 1.95. The molecule has 1 N–H and O–H groups in total. The Balaban J connectivity index is 2.13. The highest BCUT2D eigenvalue weighted by molar-refractivity contribution is 7.89. The number of aryl methyl sites for hydroxylation is 1. The summed E-state index contributed by atoms with van der Waals surface area (Å²) in [6.45, 7) is 8.02. The molecule has 1 aliphatic heterocycles. The molecule has 1 aromatic carbocycles. The largest absolute Gasteiger partial charge is 0.378 e. The maximum atomic E-state index is 12.7. The molecule has 1 aromatic rings. The zero-order valence-electron chi connectivity index (χ0n) is 14.3. The van der Waals surface area contributed by atoms with Gasteiger partial charge in [-0.25, -0.2) is 8.42 Å². The first kappa shape index (κ1) is 18.4. The number of sulfonamides is 1. The molecule has 1 saturated heterocycles. The molecule has 6 heteroatoms. The van der Waals surface area contributed by atoms with Gasteiger partial charge in [-0.1, -0.05) is 31.2 Å². The summed E-state index contributed by atoms with van der Waals surface area (Å²) in [7, 11) is -3.32. The molecular formula is C17H28N2O3S. The fraction of sp³-hybridized carbons (Fsp3) is 0.647. The van der Waals surface area contributed by atoms with Crippen LogP contribution in [0.25, 0.3) is 0 Å². The van der Waals surface area contributed by atoms with Crippen LogP contribution in [0.5, 0.6) is 0 Å². The van der Waals surface area contributed by atoms with Crippen molar-refractivity contribution in [2.45, 2.75) is 39.3 Å². The number of ether oxygens (including phenoxy) is 1. The lowest BCUT2D eigenvalue weighted by atomic mass is 10.0. The Labute approximate surface area is 140 Å². The standard InChI is InChI=1S/C17H28N2O3S/c1-4-15-5-7-16(8-6-15)17-13-18-9-10-19(17)23(20,21)12-11-22-14(2)3/h5-8,14,17-18H,4,9-13H2,1-3H3. The van der Waals surface area contributed by atoms with E-state index < -0.39 is 10.0 Å². The average molecular weight is 340 g/mol. The van der Waals surface area contributed by atoms with Crippen molar-refractivity contribution in [1.82, 2.24) is 9.62 Å². The van der Waals surface area contributed by atoms with Crippen molar-refractivity contribution >= 4 is 10.0 Å². The summed E-state index contributed by atoms with van der Waals surface area (Å²) in [6, 6.07) is 8.11. The third-order valence-corrected chi connectivity index (χ3v) is 5.95. The second kappa shape index (κ2) is 8.24. The summed E-state index contributed by atoms with van der Waals surface area (Å²) in [5.74, 6) is 0.0364. The number of nitrogens with one attached hydrogen (secondary N) is 1. The van der Waals surface area contributed by atoms with E-state index in [1.807, 2.05) is 26.0 Å².